The lowest BCUT2D eigenvalue weighted by Gasteiger charge is -1.98. The lowest BCUT2D eigenvalue weighted by molar-refractivity contribution is 0.731. The van der Waals surface area contributed by atoms with E-state index in [1.807, 2.05) is 0 Å². The van der Waals surface area contributed by atoms with E-state index in [0.717, 1.165) is 12.5 Å². The van der Waals surface area contributed by atoms with E-state index in [-0.39, 0.29) is 0 Å². The molecule has 0 amide bonds. The fourth-order valence-corrected chi connectivity index (χ4v) is 1.65. The van der Waals surface area contributed by atoms with Crippen LogP contribution in [0.25, 0.3) is 6.08 Å². The molecule has 1 aliphatic rings. The van der Waals surface area contributed by atoms with Gasteiger partial charge in [0.05, 0.1) is 0 Å². The fraction of sp³-hybridized carbons (Fsp3) is 0.333. The van der Waals surface area contributed by atoms with Crippen LogP contribution in [0.2, 0.25) is 0 Å². The Balaban J connectivity index is 1.97. The Hall–Kier alpha value is -1.08. The minimum Gasteiger partial charge on any atom is -0.316 e. The van der Waals surface area contributed by atoms with Crippen LogP contribution in [0.4, 0.5) is 0 Å². The largest absolute Gasteiger partial charge is 0.316 e. The Morgan fingerprint density at radius 3 is 2.77 bits per heavy atom. The molecule has 1 nitrogen and oxygen atoms in total. The van der Waals surface area contributed by atoms with Crippen molar-refractivity contribution in [3.63, 3.8) is 0 Å². The second-order valence-corrected chi connectivity index (χ2v) is 3.52. The SMILES string of the molecule is C(=C\C1CCNC1)/c1ccccc1. The molecule has 0 aromatic heterocycles. The van der Waals surface area contributed by atoms with Gasteiger partial charge in [0, 0.05) is 6.54 Å². The third kappa shape index (κ3) is 2.43. The zero-order chi connectivity index (χ0) is 8.93. The van der Waals surface area contributed by atoms with Gasteiger partial charge in [0.1, 0.15) is 0 Å². The van der Waals surface area contributed by atoms with Crippen LogP contribution in [0.3, 0.4) is 0 Å². The predicted molar refractivity (Wildman–Crippen MR) is 56.5 cm³/mol. The van der Waals surface area contributed by atoms with Crippen LogP contribution in [0, 0.1) is 5.92 Å². The molecule has 2 rings (SSSR count). The Labute approximate surface area is 79.5 Å². The van der Waals surface area contributed by atoms with Gasteiger partial charge in [-0.1, -0.05) is 42.5 Å². The van der Waals surface area contributed by atoms with E-state index in [9.17, 15) is 0 Å². The van der Waals surface area contributed by atoms with E-state index >= 15 is 0 Å². The molecule has 1 fully saturated rings. The molecule has 1 unspecified atom stereocenters. The summed E-state index contributed by atoms with van der Waals surface area (Å²) in [4.78, 5) is 0. The van der Waals surface area contributed by atoms with Gasteiger partial charge in [-0.2, -0.15) is 0 Å². The second kappa shape index (κ2) is 4.24. The summed E-state index contributed by atoms with van der Waals surface area (Å²) in [5.41, 5.74) is 1.30. The Morgan fingerprint density at radius 1 is 1.23 bits per heavy atom. The highest BCUT2D eigenvalue weighted by molar-refractivity contribution is 5.49. The van der Waals surface area contributed by atoms with E-state index < -0.39 is 0 Å². The lowest BCUT2D eigenvalue weighted by Crippen LogP contribution is -2.07. The van der Waals surface area contributed by atoms with Crippen molar-refractivity contribution < 1.29 is 0 Å². The van der Waals surface area contributed by atoms with Crippen molar-refractivity contribution >= 4 is 6.08 Å². The highest BCUT2D eigenvalue weighted by Crippen LogP contribution is 2.11. The first-order valence-corrected chi connectivity index (χ1v) is 4.89. The summed E-state index contributed by atoms with van der Waals surface area (Å²) >= 11 is 0. The second-order valence-electron chi connectivity index (χ2n) is 3.52. The Bertz CT molecular complexity index is 270. The molecule has 1 atom stereocenters. The molecule has 13 heavy (non-hydrogen) atoms. The molecule has 0 saturated carbocycles. The van der Waals surface area contributed by atoms with Crippen molar-refractivity contribution in [3.05, 3.63) is 42.0 Å². The summed E-state index contributed by atoms with van der Waals surface area (Å²) in [7, 11) is 0. The van der Waals surface area contributed by atoms with Crippen molar-refractivity contribution in [2.75, 3.05) is 13.1 Å². The van der Waals surface area contributed by atoms with Crippen LogP contribution in [-0.4, -0.2) is 13.1 Å². The maximum atomic E-state index is 3.36. The average Bonchev–Trinajstić information content (AvgIpc) is 2.69. The molecule has 1 saturated heterocycles. The molecule has 1 aliphatic heterocycles. The molecule has 0 bridgehead atoms. The highest BCUT2D eigenvalue weighted by Gasteiger charge is 2.09. The average molecular weight is 173 g/mol. The first kappa shape index (κ1) is 8.52. The summed E-state index contributed by atoms with van der Waals surface area (Å²) in [6.45, 7) is 2.31. The summed E-state index contributed by atoms with van der Waals surface area (Å²) in [6, 6.07) is 10.5. The fourth-order valence-electron chi connectivity index (χ4n) is 1.65. The molecule has 0 aliphatic carbocycles. The summed E-state index contributed by atoms with van der Waals surface area (Å²) in [5.74, 6) is 0.736. The number of benzene rings is 1. The highest BCUT2D eigenvalue weighted by atomic mass is 14.9. The Morgan fingerprint density at radius 2 is 2.08 bits per heavy atom. The number of hydrogen-bond acceptors (Lipinski definition) is 1. The van der Waals surface area contributed by atoms with Gasteiger partial charge in [-0.25, -0.2) is 0 Å². The van der Waals surface area contributed by atoms with E-state index in [2.05, 4.69) is 47.8 Å². The molecule has 68 valence electrons. The van der Waals surface area contributed by atoms with Crippen LogP contribution in [-0.2, 0) is 0 Å². The molecule has 1 N–H and O–H groups in total. The van der Waals surface area contributed by atoms with Gasteiger partial charge in [-0.3, -0.25) is 0 Å². The topological polar surface area (TPSA) is 12.0 Å². The zero-order valence-electron chi connectivity index (χ0n) is 7.74. The zero-order valence-corrected chi connectivity index (χ0v) is 7.74. The van der Waals surface area contributed by atoms with Gasteiger partial charge in [-0.15, -0.1) is 0 Å². The molecular weight excluding hydrogens is 158 g/mol. The molecule has 1 heteroatoms. The maximum absolute atomic E-state index is 3.36. The predicted octanol–water partition coefficient (Wildman–Crippen LogP) is 2.31. The minimum atomic E-state index is 0.736. The van der Waals surface area contributed by atoms with Crippen molar-refractivity contribution in [2.24, 2.45) is 5.92 Å². The molecule has 0 radical (unpaired) electrons. The molecule has 1 aromatic rings. The minimum absolute atomic E-state index is 0.736. The van der Waals surface area contributed by atoms with Gasteiger partial charge in [0.25, 0.3) is 0 Å². The van der Waals surface area contributed by atoms with Crippen LogP contribution < -0.4 is 5.32 Å². The van der Waals surface area contributed by atoms with Gasteiger partial charge in [0.2, 0.25) is 0 Å². The summed E-state index contributed by atoms with van der Waals surface area (Å²) in [5, 5.41) is 3.36. The van der Waals surface area contributed by atoms with E-state index in [4.69, 9.17) is 0 Å². The first-order chi connectivity index (χ1) is 6.45. The standard InChI is InChI=1S/C12H15N/c1-2-4-11(5-3-1)6-7-12-8-9-13-10-12/h1-7,12-13H,8-10H2/b7-6+. The van der Waals surface area contributed by atoms with Crippen molar-refractivity contribution in [3.8, 4) is 0 Å². The van der Waals surface area contributed by atoms with Gasteiger partial charge in [0.15, 0.2) is 0 Å². The van der Waals surface area contributed by atoms with E-state index in [0.29, 0.717) is 0 Å². The third-order valence-corrected chi connectivity index (χ3v) is 2.46. The first-order valence-electron chi connectivity index (χ1n) is 4.89. The van der Waals surface area contributed by atoms with E-state index in [1.165, 1.54) is 18.5 Å². The van der Waals surface area contributed by atoms with Crippen LogP contribution >= 0.6 is 0 Å². The third-order valence-electron chi connectivity index (χ3n) is 2.46. The molecule has 0 spiro atoms. The van der Waals surface area contributed by atoms with Crippen LogP contribution in [0.1, 0.15) is 12.0 Å². The van der Waals surface area contributed by atoms with Gasteiger partial charge >= 0.3 is 0 Å². The van der Waals surface area contributed by atoms with E-state index in [1.54, 1.807) is 0 Å². The van der Waals surface area contributed by atoms with Crippen molar-refractivity contribution in [1.82, 2.24) is 5.32 Å². The molecule has 1 aromatic carbocycles. The normalized spacial score (nSPS) is 22.6. The number of rotatable bonds is 2. The number of nitrogens with one attached hydrogen (secondary N) is 1. The number of hydrogen-bond donors (Lipinski definition) is 1. The quantitative estimate of drug-likeness (QED) is 0.723. The Kier molecular flexibility index (Phi) is 2.78. The monoisotopic (exact) mass is 173 g/mol. The smallest absolute Gasteiger partial charge is 0.00148 e. The lowest BCUT2D eigenvalue weighted by atomic mass is 10.1. The van der Waals surface area contributed by atoms with Gasteiger partial charge < -0.3 is 5.32 Å². The molecular formula is C12H15N. The van der Waals surface area contributed by atoms with Gasteiger partial charge in [-0.05, 0) is 24.4 Å². The maximum Gasteiger partial charge on any atom is 0.00148 e. The summed E-state index contributed by atoms with van der Waals surface area (Å²) < 4.78 is 0. The van der Waals surface area contributed by atoms with Crippen molar-refractivity contribution in [1.29, 1.82) is 0 Å². The van der Waals surface area contributed by atoms with Crippen molar-refractivity contribution in [2.45, 2.75) is 6.42 Å². The summed E-state index contributed by atoms with van der Waals surface area (Å²) in [6.07, 6.45) is 5.82. The molecule has 1 heterocycles. The van der Waals surface area contributed by atoms with Crippen LogP contribution in [0.5, 0.6) is 0 Å². The van der Waals surface area contributed by atoms with Crippen LogP contribution in [0.15, 0.2) is 36.4 Å².